The lowest BCUT2D eigenvalue weighted by molar-refractivity contribution is 0.578. The van der Waals surface area contributed by atoms with Crippen LogP contribution in [0.5, 0.6) is 0 Å². The highest BCUT2D eigenvalue weighted by Gasteiger charge is 2.17. The Kier molecular flexibility index (Phi) is 3.54. The van der Waals surface area contributed by atoms with E-state index in [1.807, 2.05) is 6.92 Å². The third kappa shape index (κ3) is 2.91. The SMILES string of the molecule is Cc1ccc(S(=O)(=O)NCc2nncn2C)c(N)c1. The maximum Gasteiger partial charge on any atom is 0.243 e. The van der Waals surface area contributed by atoms with Crippen LogP contribution in [0, 0.1) is 6.92 Å². The van der Waals surface area contributed by atoms with Gasteiger partial charge in [-0.05, 0) is 24.6 Å². The van der Waals surface area contributed by atoms with Crippen molar-refractivity contribution in [3.05, 3.63) is 35.9 Å². The molecule has 0 radical (unpaired) electrons. The summed E-state index contributed by atoms with van der Waals surface area (Å²) in [7, 11) is -1.92. The number of nitrogens with zero attached hydrogens (tertiary/aromatic N) is 3. The van der Waals surface area contributed by atoms with Crippen LogP contribution in [-0.2, 0) is 23.6 Å². The van der Waals surface area contributed by atoms with Crippen LogP contribution in [0.2, 0.25) is 0 Å². The molecule has 0 aliphatic rings. The van der Waals surface area contributed by atoms with Crippen molar-refractivity contribution in [2.75, 3.05) is 5.73 Å². The van der Waals surface area contributed by atoms with Crippen molar-refractivity contribution in [2.24, 2.45) is 7.05 Å². The lowest BCUT2D eigenvalue weighted by atomic mass is 10.2. The number of anilines is 1. The zero-order chi connectivity index (χ0) is 14.0. The molecule has 0 aliphatic carbocycles. The van der Waals surface area contributed by atoms with Gasteiger partial charge in [0, 0.05) is 7.05 Å². The van der Waals surface area contributed by atoms with Crippen molar-refractivity contribution >= 4 is 15.7 Å². The fraction of sp³-hybridized carbons (Fsp3) is 0.273. The van der Waals surface area contributed by atoms with Crippen LogP contribution >= 0.6 is 0 Å². The lowest BCUT2D eigenvalue weighted by Crippen LogP contribution is -2.25. The molecule has 3 N–H and O–H groups in total. The number of nitrogens with one attached hydrogen (secondary N) is 1. The van der Waals surface area contributed by atoms with E-state index in [9.17, 15) is 8.42 Å². The van der Waals surface area contributed by atoms with E-state index in [2.05, 4.69) is 14.9 Å². The van der Waals surface area contributed by atoms with Gasteiger partial charge < -0.3 is 10.3 Å². The van der Waals surface area contributed by atoms with Gasteiger partial charge in [-0.1, -0.05) is 6.07 Å². The van der Waals surface area contributed by atoms with Gasteiger partial charge in [-0.25, -0.2) is 13.1 Å². The van der Waals surface area contributed by atoms with Crippen LogP contribution in [-0.4, -0.2) is 23.2 Å². The number of aromatic nitrogens is 3. The minimum absolute atomic E-state index is 0.0617. The molecule has 0 saturated heterocycles. The van der Waals surface area contributed by atoms with E-state index in [4.69, 9.17) is 5.73 Å². The summed E-state index contributed by atoms with van der Waals surface area (Å²) >= 11 is 0. The number of aryl methyl sites for hydroxylation is 2. The molecule has 102 valence electrons. The normalized spacial score (nSPS) is 11.7. The summed E-state index contributed by atoms with van der Waals surface area (Å²) < 4.78 is 28.3. The first-order chi connectivity index (χ1) is 8.90. The Labute approximate surface area is 111 Å². The summed E-state index contributed by atoms with van der Waals surface area (Å²) in [6, 6.07) is 4.81. The molecule has 19 heavy (non-hydrogen) atoms. The van der Waals surface area contributed by atoms with Crippen LogP contribution in [0.25, 0.3) is 0 Å². The Morgan fingerprint density at radius 1 is 1.42 bits per heavy atom. The molecule has 0 bridgehead atoms. The van der Waals surface area contributed by atoms with Crippen LogP contribution in [0.3, 0.4) is 0 Å². The summed E-state index contributed by atoms with van der Waals surface area (Å²) in [4.78, 5) is 0.0697. The third-order valence-electron chi connectivity index (χ3n) is 2.68. The minimum atomic E-state index is -3.66. The second kappa shape index (κ2) is 4.98. The lowest BCUT2D eigenvalue weighted by Gasteiger charge is -2.09. The number of sulfonamides is 1. The number of rotatable bonds is 4. The first-order valence-corrected chi connectivity index (χ1v) is 7.07. The van der Waals surface area contributed by atoms with Crippen molar-refractivity contribution in [1.82, 2.24) is 19.5 Å². The summed E-state index contributed by atoms with van der Waals surface area (Å²) in [6.07, 6.45) is 1.50. The standard InChI is InChI=1S/C11H15N5O2S/c1-8-3-4-10(9(12)5-8)19(17,18)14-6-11-15-13-7-16(11)2/h3-5,7,14H,6,12H2,1-2H3. The van der Waals surface area contributed by atoms with Gasteiger partial charge in [0.1, 0.15) is 17.0 Å². The molecule has 0 saturated carbocycles. The molecular weight excluding hydrogens is 266 g/mol. The van der Waals surface area contributed by atoms with Crippen LogP contribution in [0.1, 0.15) is 11.4 Å². The van der Waals surface area contributed by atoms with Gasteiger partial charge in [0.05, 0.1) is 12.2 Å². The number of nitrogen functional groups attached to an aromatic ring is 1. The van der Waals surface area contributed by atoms with Crippen LogP contribution in [0.15, 0.2) is 29.4 Å². The van der Waals surface area contributed by atoms with Gasteiger partial charge >= 0.3 is 0 Å². The van der Waals surface area contributed by atoms with E-state index in [0.29, 0.717) is 5.82 Å². The Morgan fingerprint density at radius 2 is 2.16 bits per heavy atom. The molecule has 0 unspecified atom stereocenters. The fourth-order valence-corrected chi connectivity index (χ4v) is 2.71. The zero-order valence-electron chi connectivity index (χ0n) is 10.7. The first-order valence-electron chi connectivity index (χ1n) is 5.59. The maximum atomic E-state index is 12.1. The predicted molar refractivity (Wildman–Crippen MR) is 70.6 cm³/mol. The van der Waals surface area contributed by atoms with Crippen LogP contribution in [0.4, 0.5) is 5.69 Å². The largest absolute Gasteiger partial charge is 0.398 e. The molecule has 0 fully saturated rings. The van der Waals surface area contributed by atoms with Gasteiger partial charge in [0.15, 0.2) is 0 Å². The maximum absolute atomic E-state index is 12.1. The number of hydrogen-bond acceptors (Lipinski definition) is 5. The molecule has 0 spiro atoms. The van der Waals surface area contributed by atoms with Crippen molar-refractivity contribution in [3.63, 3.8) is 0 Å². The zero-order valence-corrected chi connectivity index (χ0v) is 11.5. The highest BCUT2D eigenvalue weighted by molar-refractivity contribution is 7.89. The highest BCUT2D eigenvalue weighted by Crippen LogP contribution is 2.19. The molecule has 2 rings (SSSR count). The summed E-state index contributed by atoms with van der Waals surface area (Å²) in [6.45, 7) is 1.91. The molecule has 1 aromatic carbocycles. The van der Waals surface area contributed by atoms with E-state index in [1.165, 1.54) is 12.4 Å². The molecule has 0 aliphatic heterocycles. The second-order valence-corrected chi connectivity index (χ2v) is 5.96. The Balaban J connectivity index is 2.21. The average Bonchev–Trinajstić information content (AvgIpc) is 2.72. The molecule has 2 aromatic rings. The van der Waals surface area contributed by atoms with Gasteiger partial charge in [0.2, 0.25) is 10.0 Å². The van der Waals surface area contributed by atoms with Gasteiger partial charge in [0.25, 0.3) is 0 Å². The summed E-state index contributed by atoms with van der Waals surface area (Å²) in [5, 5.41) is 7.48. The number of hydrogen-bond donors (Lipinski definition) is 2. The molecule has 1 heterocycles. The predicted octanol–water partition coefficient (Wildman–Crippen LogP) is 0.184. The van der Waals surface area contributed by atoms with Gasteiger partial charge in [-0.3, -0.25) is 0 Å². The quantitative estimate of drug-likeness (QED) is 0.778. The van der Waals surface area contributed by atoms with E-state index in [0.717, 1.165) is 5.56 Å². The fourth-order valence-electron chi connectivity index (χ4n) is 1.62. The van der Waals surface area contributed by atoms with Crippen molar-refractivity contribution < 1.29 is 8.42 Å². The van der Waals surface area contributed by atoms with Crippen molar-refractivity contribution in [3.8, 4) is 0 Å². The van der Waals surface area contributed by atoms with Crippen molar-refractivity contribution in [1.29, 1.82) is 0 Å². The summed E-state index contributed by atoms with van der Waals surface area (Å²) in [5.74, 6) is 0.522. The monoisotopic (exact) mass is 281 g/mol. The molecule has 0 atom stereocenters. The molecule has 7 nitrogen and oxygen atoms in total. The number of benzene rings is 1. The Hall–Kier alpha value is -1.93. The first kappa shape index (κ1) is 13.5. The van der Waals surface area contributed by atoms with Crippen molar-refractivity contribution in [2.45, 2.75) is 18.4 Å². The van der Waals surface area contributed by atoms with E-state index in [1.54, 1.807) is 23.7 Å². The Bertz CT molecular complexity index is 693. The van der Waals surface area contributed by atoms with Gasteiger partial charge in [-0.15, -0.1) is 10.2 Å². The van der Waals surface area contributed by atoms with E-state index < -0.39 is 10.0 Å². The number of nitrogens with two attached hydrogens (primary N) is 1. The minimum Gasteiger partial charge on any atom is -0.398 e. The molecule has 8 heteroatoms. The van der Waals surface area contributed by atoms with E-state index >= 15 is 0 Å². The summed E-state index contributed by atoms with van der Waals surface area (Å²) in [5.41, 5.74) is 6.87. The molecular formula is C11H15N5O2S. The smallest absolute Gasteiger partial charge is 0.243 e. The van der Waals surface area contributed by atoms with Gasteiger partial charge in [-0.2, -0.15) is 0 Å². The third-order valence-corrected chi connectivity index (χ3v) is 4.16. The highest BCUT2D eigenvalue weighted by atomic mass is 32.2. The second-order valence-electron chi connectivity index (χ2n) is 4.22. The molecule has 0 amide bonds. The van der Waals surface area contributed by atoms with Crippen LogP contribution < -0.4 is 10.5 Å². The van der Waals surface area contributed by atoms with E-state index in [-0.39, 0.29) is 17.1 Å². The average molecular weight is 281 g/mol. The topological polar surface area (TPSA) is 103 Å². The Morgan fingerprint density at radius 3 is 2.74 bits per heavy atom. The molecule has 1 aromatic heterocycles.